The number of urea groups is 1. The number of piperazine rings is 1. The van der Waals surface area contributed by atoms with Crippen molar-refractivity contribution in [3.8, 4) is 5.13 Å². The topological polar surface area (TPSA) is 117 Å². The monoisotopic (exact) mass is 580 g/mol. The Kier molecular flexibility index (Phi) is 6.50. The third-order valence-corrected chi connectivity index (χ3v) is 10.5. The highest BCUT2D eigenvalue weighted by Crippen LogP contribution is 2.38. The van der Waals surface area contributed by atoms with Crippen LogP contribution in [0, 0.1) is 0 Å². The number of sulfonamides is 1. The number of nitrogens with one attached hydrogen (secondary N) is 1. The molecule has 1 aromatic carbocycles. The molecule has 15 heteroatoms. The summed E-state index contributed by atoms with van der Waals surface area (Å²) in [5.41, 5.74) is 0.602. The van der Waals surface area contributed by atoms with Crippen molar-refractivity contribution in [3.05, 3.63) is 23.3 Å². The average molecular weight is 581 g/mol. The molecule has 6 rings (SSSR count). The van der Waals surface area contributed by atoms with E-state index in [0.29, 0.717) is 60.1 Å². The van der Waals surface area contributed by atoms with E-state index in [1.807, 2.05) is 28.7 Å². The highest BCUT2D eigenvalue weighted by atomic mass is 32.2. The van der Waals surface area contributed by atoms with Crippen LogP contribution in [-0.2, 0) is 10.0 Å². The standard InChI is InChI=1S/C24H30F2N8O3S2/c1-24(6-7-24)30-39(36,37)16-12-18(32-8-10-33(11-9-32)23(35)31(2)15-4-3-5-15)17-14-27-34(19(17)13-16)22-29-28-21(38-22)20(25)26/h12-15,20,30H,3-11H2,1-2H3. The molecule has 0 spiro atoms. The molecule has 11 nitrogen and oxygen atoms in total. The number of nitrogens with zero attached hydrogens (tertiary/aromatic N) is 7. The van der Waals surface area contributed by atoms with E-state index in [1.54, 1.807) is 12.3 Å². The summed E-state index contributed by atoms with van der Waals surface area (Å²) < 4.78 is 57.3. The number of benzene rings is 1. The Morgan fingerprint density at radius 3 is 2.49 bits per heavy atom. The first-order chi connectivity index (χ1) is 18.5. The summed E-state index contributed by atoms with van der Waals surface area (Å²) in [6.45, 7) is 3.86. The molecule has 210 valence electrons. The van der Waals surface area contributed by atoms with Crippen LogP contribution >= 0.6 is 11.3 Å². The number of hydrogen-bond donors (Lipinski definition) is 1. The summed E-state index contributed by atoms with van der Waals surface area (Å²) in [6.07, 6.45) is 3.54. The smallest absolute Gasteiger partial charge is 0.320 e. The Morgan fingerprint density at radius 2 is 1.90 bits per heavy atom. The van der Waals surface area contributed by atoms with E-state index in [4.69, 9.17) is 0 Å². The lowest BCUT2D eigenvalue weighted by Gasteiger charge is -2.41. The maximum absolute atomic E-state index is 13.4. The minimum atomic E-state index is -3.88. The zero-order valence-corrected chi connectivity index (χ0v) is 23.3. The summed E-state index contributed by atoms with van der Waals surface area (Å²) in [4.78, 5) is 18.8. The maximum Gasteiger partial charge on any atom is 0.320 e. The average Bonchev–Trinajstić information content (AvgIpc) is 3.24. The van der Waals surface area contributed by atoms with Crippen molar-refractivity contribution in [1.29, 1.82) is 0 Å². The van der Waals surface area contributed by atoms with E-state index in [1.165, 1.54) is 10.7 Å². The quantitative estimate of drug-likeness (QED) is 0.456. The predicted octanol–water partition coefficient (Wildman–Crippen LogP) is 3.37. The van der Waals surface area contributed by atoms with Gasteiger partial charge < -0.3 is 14.7 Å². The summed E-state index contributed by atoms with van der Waals surface area (Å²) in [5.74, 6) is 0. The third kappa shape index (κ3) is 4.95. The number of carbonyl (C=O) groups is 1. The molecule has 1 saturated heterocycles. The van der Waals surface area contributed by atoms with Crippen LogP contribution in [0.5, 0.6) is 0 Å². The highest BCUT2D eigenvalue weighted by Gasteiger charge is 2.41. The van der Waals surface area contributed by atoms with Gasteiger partial charge in [0, 0.05) is 55.9 Å². The molecule has 0 unspecified atom stereocenters. The number of hydrogen-bond acceptors (Lipinski definition) is 8. The zero-order valence-electron chi connectivity index (χ0n) is 21.7. The number of amides is 2. The molecule has 1 aliphatic heterocycles. The van der Waals surface area contributed by atoms with Crippen molar-refractivity contribution in [2.75, 3.05) is 38.1 Å². The van der Waals surface area contributed by atoms with Gasteiger partial charge in [-0.15, -0.1) is 10.2 Å². The second-order valence-electron chi connectivity index (χ2n) is 10.8. The van der Waals surface area contributed by atoms with Crippen LogP contribution in [-0.4, -0.2) is 89.0 Å². The predicted molar refractivity (Wildman–Crippen MR) is 142 cm³/mol. The van der Waals surface area contributed by atoms with Crippen molar-refractivity contribution in [2.24, 2.45) is 0 Å². The van der Waals surface area contributed by atoms with E-state index in [-0.39, 0.29) is 16.1 Å². The van der Waals surface area contributed by atoms with Crippen LogP contribution in [0.15, 0.2) is 23.2 Å². The molecular weight excluding hydrogens is 550 g/mol. The van der Waals surface area contributed by atoms with Gasteiger partial charge in [-0.2, -0.15) is 5.10 Å². The lowest BCUT2D eigenvalue weighted by molar-refractivity contribution is 0.120. The number of carbonyl (C=O) groups excluding carboxylic acids is 1. The van der Waals surface area contributed by atoms with Crippen molar-refractivity contribution in [3.63, 3.8) is 0 Å². The van der Waals surface area contributed by atoms with Gasteiger partial charge >= 0.3 is 6.03 Å². The molecule has 3 aromatic rings. The maximum atomic E-state index is 13.4. The summed E-state index contributed by atoms with van der Waals surface area (Å²) >= 11 is 0.704. The Balaban J connectivity index is 1.34. The Hall–Kier alpha value is -2.91. The van der Waals surface area contributed by atoms with Gasteiger partial charge in [-0.1, -0.05) is 11.3 Å². The van der Waals surface area contributed by atoms with Crippen LogP contribution < -0.4 is 9.62 Å². The number of halogens is 2. The van der Waals surface area contributed by atoms with Crippen molar-refractivity contribution >= 4 is 44.0 Å². The fraction of sp³-hybridized carbons (Fsp3) is 0.583. The zero-order chi connectivity index (χ0) is 27.5. The van der Waals surface area contributed by atoms with Crippen molar-refractivity contribution in [1.82, 2.24) is 34.5 Å². The fourth-order valence-corrected chi connectivity index (χ4v) is 7.19. The first-order valence-electron chi connectivity index (χ1n) is 13.0. The summed E-state index contributed by atoms with van der Waals surface area (Å²) in [7, 11) is -2.02. The number of aromatic nitrogens is 4. The Labute approximate surface area is 228 Å². The summed E-state index contributed by atoms with van der Waals surface area (Å²) in [6, 6.07) is 3.44. The van der Waals surface area contributed by atoms with Gasteiger partial charge in [-0.3, -0.25) is 0 Å². The fourth-order valence-electron chi connectivity index (χ4n) is 5.02. The number of fused-ring (bicyclic) bond motifs is 1. The second-order valence-corrected chi connectivity index (χ2v) is 13.4. The molecular formula is C24H30F2N8O3S2. The van der Waals surface area contributed by atoms with Crippen LogP contribution in [0.25, 0.3) is 16.0 Å². The lowest BCUT2D eigenvalue weighted by atomic mass is 9.92. The van der Waals surface area contributed by atoms with E-state index >= 15 is 0 Å². The largest absolute Gasteiger partial charge is 0.367 e. The highest BCUT2D eigenvalue weighted by molar-refractivity contribution is 7.89. The van der Waals surface area contributed by atoms with Crippen LogP contribution in [0.3, 0.4) is 0 Å². The normalized spacial score (nSPS) is 19.5. The van der Waals surface area contributed by atoms with Gasteiger partial charge in [0.1, 0.15) is 0 Å². The Bertz CT molecular complexity index is 1510. The molecule has 3 fully saturated rings. The molecule has 0 bridgehead atoms. The van der Waals surface area contributed by atoms with Gasteiger partial charge in [0.25, 0.3) is 6.43 Å². The van der Waals surface area contributed by atoms with E-state index in [9.17, 15) is 22.0 Å². The molecule has 2 saturated carbocycles. The first-order valence-corrected chi connectivity index (χ1v) is 15.3. The number of anilines is 1. The number of rotatable bonds is 7. The molecule has 2 amide bonds. The Morgan fingerprint density at radius 1 is 1.18 bits per heavy atom. The van der Waals surface area contributed by atoms with E-state index in [2.05, 4.69) is 20.0 Å². The van der Waals surface area contributed by atoms with Crippen molar-refractivity contribution in [2.45, 2.75) is 61.9 Å². The minimum absolute atomic E-state index is 0.0154. The third-order valence-electron chi connectivity index (χ3n) is 7.94. The van der Waals surface area contributed by atoms with Gasteiger partial charge in [-0.25, -0.2) is 31.4 Å². The van der Waals surface area contributed by atoms with E-state index in [0.717, 1.165) is 32.1 Å². The SMILES string of the molecule is CN(C(=O)N1CCN(c2cc(S(=O)(=O)NC3(C)CC3)cc3c2cnn3-c2nnc(C(F)F)s2)CC1)C1CCC1. The van der Waals surface area contributed by atoms with Crippen molar-refractivity contribution < 1.29 is 22.0 Å². The molecule has 0 atom stereocenters. The van der Waals surface area contributed by atoms with Gasteiger partial charge in [0.15, 0.2) is 5.01 Å². The summed E-state index contributed by atoms with van der Waals surface area (Å²) in [5, 5.41) is 12.1. The number of alkyl halides is 2. The minimum Gasteiger partial charge on any atom is -0.367 e. The molecule has 3 heterocycles. The van der Waals surface area contributed by atoms with Gasteiger partial charge in [0.2, 0.25) is 15.2 Å². The van der Waals surface area contributed by atoms with Gasteiger partial charge in [0.05, 0.1) is 16.6 Å². The second kappa shape index (κ2) is 9.63. The van der Waals surface area contributed by atoms with Crippen LogP contribution in [0.2, 0.25) is 0 Å². The lowest BCUT2D eigenvalue weighted by Crippen LogP contribution is -2.55. The van der Waals surface area contributed by atoms with Gasteiger partial charge in [-0.05, 0) is 51.2 Å². The molecule has 39 heavy (non-hydrogen) atoms. The molecule has 2 aliphatic carbocycles. The molecule has 3 aliphatic rings. The molecule has 1 N–H and O–H groups in total. The van der Waals surface area contributed by atoms with Crippen LogP contribution in [0.4, 0.5) is 19.3 Å². The van der Waals surface area contributed by atoms with E-state index < -0.39 is 27.0 Å². The molecule has 2 aromatic heterocycles. The first kappa shape index (κ1) is 26.3. The molecule has 0 radical (unpaired) electrons. The van der Waals surface area contributed by atoms with Crippen LogP contribution in [0.1, 0.15) is 50.5 Å².